The Balaban J connectivity index is 3.08. The van der Waals surface area contributed by atoms with Crippen LogP contribution in [0.2, 0.25) is 0 Å². The maximum atomic E-state index is 2.31. The minimum Gasteiger partial charge on any atom is -0.0910 e. The first-order valence-corrected chi connectivity index (χ1v) is 5.39. The maximum Gasteiger partial charge on any atom is 0.00179 e. The molecule has 76 valence electrons. The summed E-state index contributed by atoms with van der Waals surface area (Å²) in [5.41, 5.74) is 4.24. The Morgan fingerprint density at radius 3 is 2.57 bits per heavy atom. The topological polar surface area (TPSA) is 0 Å². The van der Waals surface area contributed by atoms with Crippen LogP contribution >= 0.6 is 0 Å². The van der Waals surface area contributed by atoms with E-state index in [2.05, 4.69) is 58.0 Å². The third-order valence-electron chi connectivity index (χ3n) is 2.70. The Hall–Kier alpha value is -1.04. The van der Waals surface area contributed by atoms with E-state index >= 15 is 0 Å². The molecule has 0 radical (unpaired) electrons. The number of hydrogen-bond donors (Lipinski definition) is 0. The van der Waals surface area contributed by atoms with E-state index in [-0.39, 0.29) is 0 Å². The zero-order valence-corrected chi connectivity index (χ0v) is 9.67. The fraction of sp³-hybridized carbons (Fsp3) is 0.429. The van der Waals surface area contributed by atoms with Gasteiger partial charge in [0.15, 0.2) is 0 Å². The fourth-order valence-electron chi connectivity index (χ4n) is 1.85. The molecule has 1 aromatic carbocycles. The van der Waals surface area contributed by atoms with E-state index in [4.69, 9.17) is 0 Å². The van der Waals surface area contributed by atoms with E-state index in [1.807, 2.05) is 0 Å². The van der Waals surface area contributed by atoms with E-state index in [1.165, 1.54) is 23.1 Å². The van der Waals surface area contributed by atoms with Crippen LogP contribution in [-0.2, 0) is 0 Å². The summed E-state index contributed by atoms with van der Waals surface area (Å²) < 4.78 is 0. The van der Waals surface area contributed by atoms with Crippen molar-refractivity contribution < 1.29 is 0 Å². The van der Waals surface area contributed by atoms with Crippen molar-refractivity contribution in [2.75, 3.05) is 0 Å². The number of aryl methyl sites for hydroxylation is 2. The molecule has 0 amide bonds. The molecule has 14 heavy (non-hydrogen) atoms. The predicted molar refractivity (Wildman–Crippen MR) is 63.8 cm³/mol. The highest BCUT2D eigenvalue weighted by Crippen LogP contribution is 2.25. The molecule has 0 N–H and O–H groups in total. The SMILES string of the molecule is C/C=C/[C@@H](CC)c1cc(C)ccc1C. The van der Waals surface area contributed by atoms with Crippen LogP contribution in [0.1, 0.15) is 42.9 Å². The first kappa shape index (κ1) is 11.0. The van der Waals surface area contributed by atoms with Crippen molar-refractivity contribution >= 4 is 0 Å². The van der Waals surface area contributed by atoms with Gasteiger partial charge in [0.1, 0.15) is 0 Å². The van der Waals surface area contributed by atoms with Crippen molar-refractivity contribution in [1.29, 1.82) is 0 Å². The first-order valence-electron chi connectivity index (χ1n) is 5.39. The normalized spacial score (nSPS) is 13.4. The lowest BCUT2D eigenvalue weighted by atomic mass is 9.91. The standard InChI is InChI=1S/C14H20/c1-5-7-13(6-2)14-10-11(3)8-9-12(14)4/h5,7-10,13H,6H2,1-4H3/b7-5+/t13-/m1/s1. The van der Waals surface area contributed by atoms with E-state index in [1.54, 1.807) is 0 Å². The second kappa shape index (κ2) is 4.99. The second-order valence-corrected chi connectivity index (χ2v) is 3.90. The van der Waals surface area contributed by atoms with Crippen LogP contribution in [0.15, 0.2) is 30.4 Å². The molecule has 0 bridgehead atoms. The fourth-order valence-corrected chi connectivity index (χ4v) is 1.85. The molecule has 1 atom stereocenters. The van der Waals surface area contributed by atoms with Crippen LogP contribution in [0.4, 0.5) is 0 Å². The quantitative estimate of drug-likeness (QED) is 0.618. The summed E-state index contributed by atoms with van der Waals surface area (Å²) in [5, 5.41) is 0. The molecular formula is C14H20. The second-order valence-electron chi connectivity index (χ2n) is 3.90. The Kier molecular flexibility index (Phi) is 3.94. The van der Waals surface area contributed by atoms with E-state index in [0.717, 1.165) is 0 Å². The number of benzene rings is 1. The van der Waals surface area contributed by atoms with E-state index in [9.17, 15) is 0 Å². The minimum atomic E-state index is 0.583. The Labute approximate surface area is 87.7 Å². The Morgan fingerprint density at radius 1 is 1.29 bits per heavy atom. The van der Waals surface area contributed by atoms with Gasteiger partial charge in [-0.25, -0.2) is 0 Å². The van der Waals surface area contributed by atoms with Crippen molar-refractivity contribution in [1.82, 2.24) is 0 Å². The molecule has 0 nitrogen and oxygen atoms in total. The summed E-state index contributed by atoms with van der Waals surface area (Å²) in [5.74, 6) is 0.583. The predicted octanol–water partition coefficient (Wildman–Crippen LogP) is 4.37. The van der Waals surface area contributed by atoms with Gasteiger partial charge in [-0.2, -0.15) is 0 Å². The van der Waals surface area contributed by atoms with Crippen molar-refractivity contribution in [3.8, 4) is 0 Å². The van der Waals surface area contributed by atoms with Crippen LogP contribution in [-0.4, -0.2) is 0 Å². The number of allylic oxidation sites excluding steroid dienone is 2. The molecule has 0 fully saturated rings. The number of hydrogen-bond acceptors (Lipinski definition) is 0. The van der Waals surface area contributed by atoms with Crippen LogP contribution < -0.4 is 0 Å². The van der Waals surface area contributed by atoms with Crippen LogP contribution in [0, 0.1) is 13.8 Å². The Morgan fingerprint density at radius 2 is 2.00 bits per heavy atom. The van der Waals surface area contributed by atoms with Gasteiger partial charge in [0, 0.05) is 5.92 Å². The minimum absolute atomic E-state index is 0.583. The molecule has 0 heteroatoms. The smallest absolute Gasteiger partial charge is 0.00179 e. The lowest BCUT2D eigenvalue weighted by Gasteiger charge is -2.14. The number of rotatable bonds is 3. The molecular weight excluding hydrogens is 168 g/mol. The van der Waals surface area contributed by atoms with Crippen LogP contribution in [0.3, 0.4) is 0 Å². The van der Waals surface area contributed by atoms with E-state index in [0.29, 0.717) is 5.92 Å². The molecule has 1 rings (SSSR count). The third kappa shape index (κ3) is 2.47. The van der Waals surface area contributed by atoms with E-state index < -0.39 is 0 Å². The zero-order chi connectivity index (χ0) is 10.6. The first-order chi connectivity index (χ1) is 6.69. The highest BCUT2D eigenvalue weighted by atomic mass is 14.1. The highest BCUT2D eigenvalue weighted by Gasteiger charge is 2.07. The van der Waals surface area contributed by atoms with Crippen molar-refractivity contribution in [3.63, 3.8) is 0 Å². The molecule has 0 aliphatic heterocycles. The maximum absolute atomic E-state index is 2.31. The molecule has 0 aromatic heterocycles. The van der Waals surface area contributed by atoms with Crippen molar-refractivity contribution in [2.45, 2.75) is 40.0 Å². The van der Waals surface area contributed by atoms with Gasteiger partial charge in [0.2, 0.25) is 0 Å². The molecule has 0 saturated heterocycles. The average molecular weight is 188 g/mol. The summed E-state index contributed by atoms with van der Waals surface area (Å²) >= 11 is 0. The molecule has 0 heterocycles. The van der Waals surface area contributed by atoms with Crippen LogP contribution in [0.5, 0.6) is 0 Å². The molecule has 0 unspecified atom stereocenters. The molecule has 0 aliphatic carbocycles. The third-order valence-corrected chi connectivity index (χ3v) is 2.70. The summed E-state index contributed by atoms with van der Waals surface area (Å²) in [4.78, 5) is 0. The van der Waals surface area contributed by atoms with Gasteiger partial charge in [0.05, 0.1) is 0 Å². The van der Waals surface area contributed by atoms with Gasteiger partial charge < -0.3 is 0 Å². The average Bonchev–Trinajstić information content (AvgIpc) is 2.18. The molecule has 0 saturated carbocycles. The zero-order valence-electron chi connectivity index (χ0n) is 9.67. The molecule has 1 aromatic rings. The summed E-state index contributed by atoms with van der Waals surface area (Å²) in [6.45, 7) is 8.69. The largest absolute Gasteiger partial charge is 0.0910 e. The van der Waals surface area contributed by atoms with Gasteiger partial charge in [-0.3, -0.25) is 0 Å². The van der Waals surface area contributed by atoms with Crippen molar-refractivity contribution in [3.05, 3.63) is 47.0 Å². The lowest BCUT2D eigenvalue weighted by molar-refractivity contribution is 0.796. The van der Waals surface area contributed by atoms with Gasteiger partial charge in [-0.1, -0.05) is 42.8 Å². The van der Waals surface area contributed by atoms with Crippen molar-refractivity contribution in [2.24, 2.45) is 0 Å². The van der Waals surface area contributed by atoms with Gasteiger partial charge >= 0.3 is 0 Å². The highest BCUT2D eigenvalue weighted by molar-refractivity contribution is 5.35. The lowest BCUT2D eigenvalue weighted by Crippen LogP contribution is -1.97. The van der Waals surface area contributed by atoms with Crippen LogP contribution in [0.25, 0.3) is 0 Å². The Bertz CT molecular complexity index is 321. The van der Waals surface area contributed by atoms with Gasteiger partial charge in [0.25, 0.3) is 0 Å². The summed E-state index contributed by atoms with van der Waals surface area (Å²) in [6.07, 6.45) is 5.62. The monoisotopic (exact) mass is 188 g/mol. The van der Waals surface area contributed by atoms with Gasteiger partial charge in [-0.05, 0) is 38.3 Å². The summed E-state index contributed by atoms with van der Waals surface area (Å²) in [6, 6.07) is 6.71. The molecule has 0 aliphatic rings. The molecule has 0 spiro atoms. The summed E-state index contributed by atoms with van der Waals surface area (Å²) in [7, 11) is 0. The van der Waals surface area contributed by atoms with Gasteiger partial charge in [-0.15, -0.1) is 0 Å².